The third kappa shape index (κ3) is 2.87. The van der Waals surface area contributed by atoms with E-state index in [0.29, 0.717) is 6.54 Å². The molecule has 3 N–H and O–H groups in total. The van der Waals surface area contributed by atoms with Gasteiger partial charge in [0, 0.05) is 22.7 Å². The number of imidazole rings is 1. The van der Waals surface area contributed by atoms with Crippen LogP contribution in [-0.4, -0.2) is 16.5 Å². The van der Waals surface area contributed by atoms with Crippen molar-refractivity contribution in [3.05, 3.63) is 40.8 Å². The molecular formula is C13H16ClN3. The highest BCUT2D eigenvalue weighted by atomic mass is 35.5. The van der Waals surface area contributed by atoms with Crippen LogP contribution in [-0.2, 0) is 6.42 Å². The minimum atomic E-state index is 0.691. The molecular weight excluding hydrogens is 234 g/mol. The Morgan fingerprint density at radius 2 is 2.00 bits per heavy atom. The number of halogens is 1. The Balaban J connectivity index is 2.26. The van der Waals surface area contributed by atoms with Crippen LogP contribution in [0, 0.1) is 6.92 Å². The Kier molecular flexibility index (Phi) is 3.82. The maximum absolute atomic E-state index is 5.87. The van der Waals surface area contributed by atoms with Crippen molar-refractivity contribution in [2.24, 2.45) is 5.73 Å². The fourth-order valence-electron chi connectivity index (χ4n) is 1.80. The molecule has 0 aliphatic carbocycles. The van der Waals surface area contributed by atoms with Crippen molar-refractivity contribution in [3.8, 4) is 11.3 Å². The van der Waals surface area contributed by atoms with E-state index in [9.17, 15) is 0 Å². The largest absolute Gasteiger partial charge is 0.346 e. The van der Waals surface area contributed by atoms with E-state index in [0.717, 1.165) is 40.6 Å². The maximum Gasteiger partial charge on any atom is 0.107 e. The number of hydrogen-bond acceptors (Lipinski definition) is 2. The van der Waals surface area contributed by atoms with Gasteiger partial charge in [-0.1, -0.05) is 23.7 Å². The van der Waals surface area contributed by atoms with Gasteiger partial charge in [0.15, 0.2) is 0 Å². The Hall–Kier alpha value is -1.32. The van der Waals surface area contributed by atoms with Crippen molar-refractivity contribution >= 4 is 11.6 Å². The van der Waals surface area contributed by atoms with Crippen LogP contribution >= 0.6 is 11.6 Å². The second-order valence-corrected chi connectivity index (χ2v) is 4.49. The predicted octanol–water partition coefficient (Wildman–Crippen LogP) is 2.93. The van der Waals surface area contributed by atoms with Crippen molar-refractivity contribution in [1.29, 1.82) is 0 Å². The van der Waals surface area contributed by atoms with E-state index in [1.165, 1.54) is 0 Å². The van der Waals surface area contributed by atoms with Gasteiger partial charge < -0.3 is 10.7 Å². The summed E-state index contributed by atoms with van der Waals surface area (Å²) in [7, 11) is 0. The first-order valence-electron chi connectivity index (χ1n) is 5.72. The lowest BCUT2D eigenvalue weighted by Crippen LogP contribution is -2.01. The number of aryl methyl sites for hydroxylation is 2. The zero-order valence-electron chi connectivity index (χ0n) is 9.83. The Bertz CT molecular complexity index is 488. The summed E-state index contributed by atoms with van der Waals surface area (Å²) in [5.74, 6) is 0.998. The van der Waals surface area contributed by atoms with Gasteiger partial charge in [-0.2, -0.15) is 0 Å². The Morgan fingerprint density at radius 3 is 2.65 bits per heavy atom. The lowest BCUT2D eigenvalue weighted by atomic mass is 10.1. The quantitative estimate of drug-likeness (QED) is 0.875. The van der Waals surface area contributed by atoms with Gasteiger partial charge in [0.05, 0.1) is 5.69 Å². The third-order valence-corrected chi connectivity index (χ3v) is 2.92. The molecule has 17 heavy (non-hydrogen) atoms. The van der Waals surface area contributed by atoms with Gasteiger partial charge in [-0.3, -0.25) is 0 Å². The number of rotatable bonds is 4. The van der Waals surface area contributed by atoms with Gasteiger partial charge in [0.1, 0.15) is 5.82 Å². The number of H-pyrrole nitrogens is 1. The standard InChI is InChI=1S/C13H16ClN3/c1-9-13(10-4-6-11(14)7-5-10)17-12(16-9)3-2-8-15/h4-7H,2-3,8,15H2,1H3,(H,16,17). The molecule has 2 aromatic rings. The van der Waals surface area contributed by atoms with Gasteiger partial charge in [-0.15, -0.1) is 0 Å². The van der Waals surface area contributed by atoms with Crippen LogP contribution in [0.1, 0.15) is 17.9 Å². The first-order valence-corrected chi connectivity index (χ1v) is 6.10. The van der Waals surface area contributed by atoms with Gasteiger partial charge in [0.2, 0.25) is 0 Å². The molecule has 0 radical (unpaired) electrons. The summed E-state index contributed by atoms with van der Waals surface area (Å²) in [4.78, 5) is 7.89. The topological polar surface area (TPSA) is 54.7 Å². The number of aromatic nitrogens is 2. The summed E-state index contributed by atoms with van der Waals surface area (Å²) in [6.45, 7) is 2.72. The Morgan fingerprint density at radius 1 is 1.29 bits per heavy atom. The SMILES string of the molecule is Cc1[nH]c(CCCN)nc1-c1ccc(Cl)cc1. The molecule has 0 aliphatic rings. The zero-order chi connectivity index (χ0) is 12.3. The lowest BCUT2D eigenvalue weighted by molar-refractivity contribution is 0.792. The minimum Gasteiger partial charge on any atom is -0.346 e. The van der Waals surface area contributed by atoms with Crippen molar-refractivity contribution < 1.29 is 0 Å². The van der Waals surface area contributed by atoms with Crippen LogP contribution in [0.4, 0.5) is 0 Å². The minimum absolute atomic E-state index is 0.691. The van der Waals surface area contributed by atoms with E-state index < -0.39 is 0 Å². The summed E-state index contributed by atoms with van der Waals surface area (Å²) in [6, 6.07) is 7.73. The number of nitrogens with zero attached hydrogens (tertiary/aromatic N) is 1. The van der Waals surface area contributed by atoms with Crippen LogP contribution < -0.4 is 5.73 Å². The van der Waals surface area contributed by atoms with Crippen molar-refractivity contribution in [2.75, 3.05) is 6.54 Å². The summed E-state index contributed by atoms with van der Waals surface area (Å²) >= 11 is 5.87. The van der Waals surface area contributed by atoms with Gasteiger partial charge >= 0.3 is 0 Å². The monoisotopic (exact) mass is 249 g/mol. The average Bonchev–Trinajstić information content (AvgIpc) is 2.69. The van der Waals surface area contributed by atoms with E-state index in [2.05, 4.69) is 9.97 Å². The smallest absolute Gasteiger partial charge is 0.107 e. The second-order valence-electron chi connectivity index (χ2n) is 4.06. The average molecular weight is 250 g/mol. The number of nitrogens with one attached hydrogen (secondary N) is 1. The molecule has 0 fully saturated rings. The maximum atomic E-state index is 5.87. The zero-order valence-corrected chi connectivity index (χ0v) is 10.6. The number of aromatic amines is 1. The van der Waals surface area contributed by atoms with Gasteiger partial charge in [-0.05, 0) is 32.0 Å². The number of benzene rings is 1. The fraction of sp³-hybridized carbons (Fsp3) is 0.308. The highest BCUT2D eigenvalue weighted by molar-refractivity contribution is 6.30. The molecule has 4 heteroatoms. The van der Waals surface area contributed by atoms with E-state index in [1.54, 1.807) is 0 Å². The molecule has 0 saturated carbocycles. The van der Waals surface area contributed by atoms with E-state index >= 15 is 0 Å². The van der Waals surface area contributed by atoms with Crippen molar-refractivity contribution in [2.45, 2.75) is 19.8 Å². The summed E-state index contributed by atoms with van der Waals surface area (Å²) in [5.41, 5.74) is 8.65. The Labute approximate surface area is 106 Å². The normalized spacial score (nSPS) is 10.8. The molecule has 1 aromatic heterocycles. The highest BCUT2D eigenvalue weighted by Gasteiger charge is 2.08. The first-order chi connectivity index (χ1) is 8.20. The molecule has 0 bridgehead atoms. The second kappa shape index (κ2) is 5.34. The molecule has 90 valence electrons. The lowest BCUT2D eigenvalue weighted by Gasteiger charge is -1.98. The molecule has 1 heterocycles. The van der Waals surface area contributed by atoms with Crippen LogP contribution in [0.2, 0.25) is 5.02 Å². The van der Waals surface area contributed by atoms with E-state index in [1.807, 2.05) is 31.2 Å². The summed E-state index contributed by atoms with van der Waals surface area (Å²) < 4.78 is 0. The molecule has 3 nitrogen and oxygen atoms in total. The number of hydrogen-bond donors (Lipinski definition) is 2. The molecule has 0 unspecified atom stereocenters. The summed E-state index contributed by atoms with van der Waals surface area (Å²) in [5, 5.41) is 0.741. The third-order valence-electron chi connectivity index (χ3n) is 2.67. The molecule has 0 amide bonds. The molecule has 2 rings (SSSR count). The molecule has 0 saturated heterocycles. The van der Waals surface area contributed by atoms with E-state index in [4.69, 9.17) is 17.3 Å². The molecule has 0 spiro atoms. The highest BCUT2D eigenvalue weighted by Crippen LogP contribution is 2.23. The first kappa shape index (κ1) is 12.1. The molecule has 0 atom stereocenters. The fourth-order valence-corrected chi connectivity index (χ4v) is 1.93. The van der Waals surface area contributed by atoms with Crippen LogP contribution in [0.15, 0.2) is 24.3 Å². The van der Waals surface area contributed by atoms with Crippen LogP contribution in [0.5, 0.6) is 0 Å². The van der Waals surface area contributed by atoms with Gasteiger partial charge in [0.25, 0.3) is 0 Å². The van der Waals surface area contributed by atoms with Crippen molar-refractivity contribution in [1.82, 2.24) is 9.97 Å². The van der Waals surface area contributed by atoms with Gasteiger partial charge in [-0.25, -0.2) is 4.98 Å². The number of nitrogens with two attached hydrogens (primary N) is 1. The predicted molar refractivity (Wildman–Crippen MR) is 71.1 cm³/mol. The van der Waals surface area contributed by atoms with E-state index in [-0.39, 0.29) is 0 Å². The van der Waals surface area contributed by atoms with Crippen LogP contribution in [0.3, 0.4) is 0 Å². The molecule has 1 aromatic carbocycles. The van der Waals surface area contributed by atoms with Crippen LogP contribution in [0.25, 0.3) is 11.3 Å². The molecule has 0 aliphatic heterocycles. The van der Waals surface area contributed by atoms with Crippen molar-refractivity contribution in [3.63, 3.8) is 0 Å². The summed E-state index contributed by atoms with van der Waals surface area (Å²) in [6.07, 6.45) is 1.85.